The van der Waals surface area contributed by atoms with Crippen LogP contribution in [0.15, 0.2) is 53.3 Å². The highest BCUT2D eigenvalue weighted by Crippen LogP contribution is 2.34. The molecule has 4 aromatic rings. The number of nitrogens with zero attached hydrogens (tertiary/aromatic N) is 5. The van der Waals surface area contributed by atoms with Gasteiger partial charge in [0.25, 0.3) is 5.56 Å². The van der Waals surface area contributed by atoms with E-state index in [4.69, 9.17) is 16.3 Å². The zero-order chi connectivity index (χ0) is 25.8. The van der Waals surface area contributed by atoms with Crippen LogP contribution in [0.2, 0.25) is 5.02 Å². The minimum atomic E-state index is -0.106. The van der Waals surface area contributed by atoms with Crippen molar-refractivity contribution in [3.63, 3.8) is 0 Å². The van der Waals surface area contributed by atoms with Crippen molar-refractivity contribution in [2.45, 2.75) is 71.1 Å². The third-order valence-corrected chi connectivity index (χ3v) is 7.59. The molecule has 1 aliphatic carbocycles. The molecule has 0 amide bonds. The van der Waals surface area contributed by atoms with Gasteiger partial charge in [0.15, 0.2) is 5.82 Å². The number of hydrogen-bond acceptors (Lipinski definition) is 6. The van der Waals surface area contributed by atoms with Gasteiger partial charge in [0, 0.05) is 34.6 Å². The van der Waals surface area contributed by atoms with E-state index in [0.29, 0.717) is 36.3 Å². The van der Waals surface area contributed by atoms with Crippen LogP contribution in [0.25, 0.3) is 10.9 Å². The molecule has 1 atom stereocenters. The van der Waals surface area contributed by atoms with E-state index in [0.717, 1.165) is 47.3 Å². The molecule has 2 heterocycles. The zero-order valence-electron chi connectivity index (χ0n) is 21.4. The molecule has 9 heteroatoms. The molecule has 1 aliphatic rings. The van der Waals surface area contributed by atoms with Gasteiger partial charge in [-0.15, -0.1) is 5.10 Å². The van der Waals surface area contributed by atoms with Crippen molar-refractivity contribution in [2.24, 2.45) is 0 Å². The highest BCUT2D eigenvalue weighted by Gasteiger charge is 2.30. The summed E-state index contributed by atoms with van der Waals surface area (Å²) in [5, 5.41) is 14.6. The van der Waals surface area contributed by atoms with Crippen LogP contribution in [0.5, 0.6) is 5.75 Å². The fourth-order valence-corrected chi connectivity index (χ4v) is 5.57. The summed E-state index contributed by atoms with van der Waals surface area (Å²) >= 11 is 6.58. The van der Waals surface area contributed by atoms with Gasteiger partial charge in [0.2, 0.25) is 0 Å². The highest BCUT2D eigenvalue weighted by molar-refractivity contribution is 6.31. The van der Waals surface area contributed by atoms with E-state index in [2.05, 4.69) is 32.3 Å². The molecule has 0 bridgehead atoms. The van der Waals surface area contributed by atoms with Gasteiger partial charge in [-0.05, 0) is 72.5 Å². The summed E-state index contributed by atoms with van der Waals surface area (Å²) in [5.74, 6) is 1.63. The van der Waals surface area contributed by atoms with Crippen molar-refractivity contribution in [2.75, 3.05) is 6.61 Å². The van der Waals surface area contributed by atoms with Crippen molar-refractivity contribution in [3.8, 4) is 5.75 Å². The fraction of sp³-hybridized carbons (Fsp3) is 0.429. The molecule has 5 rings (SSSR count). The minimum Gasteiger partial charge on any atom is -0.494 e. The fourth-order valence-electron chi connectivity index (χ4n) is 5.38. The third-order valence-electron chi connectivity index (χ3n) is 7.22. The van der Waals surface area contributed by atoms with Crippen LogP contribution >= 0.6 is 11.6 Å². The number of nitrogens with one attached hydrogen (secondary N) is 1. The monoisotopic (exact) mass is 520 g/mol. The molecule has 8 nitrogen and oxygen atoms in total. The topological polar surface area (TPSA) is 88.9 Å². The quantitative estimate of drug-likeness (QED) is 0.283. The molecular formula is C28H33ClN6O2. The predicted octanol–water partition coefficient (Wildman–Crippen LogP) is 5.84. The summed E-state index contributed by atoms with van der Waals surface area (Å²) in [7, 11) is 0. The molecule has 0 unspecified atom stereocenters. The number of aromatic amines is 1. The van der Waals surface area contributed by atoms with Crippen molar-refractivity contribution in [1.82, 2.24) is 30.1 Å². The first kappa shape index (κ1) is 25.4. The van der Waals surface area contributed by atoms with Gasteiger partial charge in [-0.3, -0.25) is 9.69 Å². The number of tetrazole rings is 1. The molecule has 0 aliphatic heterocycles. The Kier molecular flexibility index (Phi) is 7.86. The maximum absolute atomic E-state index is 13.2. The van der Waals surface area contributed by atoms with Gasteiger partial charge in [-0.25, -0.2) is 4.68 Å². The summed E-state index contributed by atoms with van der Waals surface area (Å²) in [6.45, 7) is 5.66. The van der Waals surface area contributed by atoms with Crippen LogP contribution in [0.1, 0.15) is 75.0 Å². The Morgan fingerprint density at radius 1 is 1.11 bits per heavy atom. The van der Waals surface area contributed by atoms with Crippen LogP contribution in [-0.4, -0.2) is 36.7 Å². The summed E-state index contributed by atoms with van der Waals surface area (Å²) in [4.78, 5) is 18.5. The molecule has 194 valence electrons. The van der Waals surface area contributed by atoms with Gasteiger partial charge in [-0.1, -0.05) is 49.6 Å². The Morgan fingerprint density at radius 2 is 1.89 bits per heavy atom. The number of H-pyrrole nitrogens is 1. The molecule has 2 aromatic heterocycles. The van der Waals surface area contributed by atoms with E-state index >= 15 is 0 Å². The number of pyridine rings is 1. The number of aromatic nitrogens is 5. The standard InChI is InChI=1S/C28H33ClN6O2/c1-3-26(27-31-32-33-35(27)22-10-6-7-11-22)34(17-19-9-5-8-12-24(19)29)18-21-15-20-16-23(37-4-2)13-14-25(20)30-28(21)36/h5,8-9,12-16,22,26H,3-4,6-7,10-11,17-18H2,1-2H3,(H,30,36)/t26-/m0/s1. The van der Waals surface area contributed by atoms with Crippen LogP contribution in [0.3, 0.4) is 0 Å². The number of benzene rings is 2. The van der Waals surface area contributed by atoms with E-state index in [1.807, 2.05) is 60.1 Å². The van der Waals surface area contributed by atoms with Gasteiger partial charge >= 0.3 is 0 Å². The summed E-state index contributed by atoms with van der Waals surface area (Å²) < 4.78 is 7.70. The smallest absolute Gasteiger partial charge is 0.252 e. The first-order valence-corrected chi connectivity index (χ1v) is 13.5. The van der Waals surface area contributed by atoms with Gasteiger partial charge in [-0.2, -0.15) is 0 Å². The first-order chi connectivity index (χ1) is 18.1. The van der Waals surface area contributed by atoms with Gasteiger partial charge < -0.3 is 9.72 Å². The Morgan fingerprint density at radius 3 is 2.65 bits per heavy atom. The lowest BCUT2D eigenvalue weighted by Gasteiger charge is -2.31. The van der Waals surface area contributed by atoms with E-state index < -0.39 is 0 Å². The maximum atomic E-state index is 13.2. The molecular weight excluding hydrogens is 488 g/mol. The third kappa shape index (κ3) is 5.55. The lowest BCUT2D eigenvalue weighted by atomic mass is 10.1. The second-order valence-corrected chi connectivity index (χ2v) is 10.1. The van der Waals surface area contributed by atoms with Crippen LogP contribution in [-0.2, 0) is 13.1 Å². The normalized spacial score (nSPS) is 15.0. The number of ether oxygens (including phenoxy) is 1. The Balaban J connectivity index is 1.54. The first-order valence-electron chi connectivity index (χ1n) is 13.1. The van der Waals surface area contributed by atoms with Crippen molar-refractivity contribution < 1.29 is 4.74 Å². The number of hydrogen-bond donors (Lipinski definition) is 1. The molecule has 2 aromatic carbocycles. The highest BCUT2D eigenvalue weighted by atomic mass is 35.5. The summed E-state index contributed by atoms with van der Waals surface area (Å²) in [6.07, 6.45) is 5.36. The van der Waals surface area contributed by atoms with E-state index in [-0.39, 0.29) is 11.6 Å². The lowest BCUT2D eigenvalue weighted by molar-refractivity contribution is 0.158. The largest absolute Gasteiger partial charge is 0.494 e. The number of rotatable bonds is 10. The van der Waals surface area contributed by atoms with Crippen molar-refractivity contribution in [1.29, 1.82) is 0 Å². The maximum Gasteiger partial charge on any atom is 0.252 e. The molecule has 1 fully saturated rings. The molecule has 1 N–H and O–H groups in total. The Bertz CT molecular complexity index is 1410. The van der Waals surface area contributed by atoms with E-state index in [1.165, 1.54) is 12.8 Å². The second-order valence-electron chi connectivity index (χ2n) is 9.65. The van der Waals surface area contributed by atoms with E-state index in [9.17, 15) is 4.79 Å². The second kappa shape index (κ2) is 11.4. The molecule has 0 radical (unpaired) electrons. The molecule has 1 saturated carbocycles. The van der Waals surface area contributed by atoms with E-state index in [1.54, 1.807) is 0 Å². The predicted molar refractivity (Wildman–Crippen MR) is 145 cm³/mol. The van der Waals surface area contributed by atoms with Gasteiger partial charge in [0.05, 0.1) is 18.7 Å². The van der Waals surface area contributed by atoms with Crippen LogP contribution in [0, 0.1) is 0 Å². The van der Waals surface area contributed by atoms with Crippen LogP contribution in [0.4, 0.5) is 0 Å². The summed E-state index contributed by atoms with van der Waals surface area (Å²) in [5.41, 5.74) is 2.35. The Hall–Kier alpha value is -3.23. The number of fused-ring (bicyclic) bond motifs is 1. The number of halogens is 1. The summed E-state index contributed by atoms with van der Waals surface area (Å²) in [6, 6.07) is 15.8. The van der Waals surface area contributed by atoms with Crippen molar-refractivity contribution in [3.05, 3.63) is 80.9 Å². The average molecular weight is 521 g/mol. The minimum absolute atomic E-state index is 0.0864. The van der Waals surface area contributed by atoms with Crippen molar-refractivity contribution >= 4 is 22.5 Å². The van der Waals surface area contributed by atoms with Crippen LogP contribution < -0.4 is 10.3 Å². The SMILES string of the molecule is CCOc1ccc2[nH]c(=O)c(CN(Cc3ccccc3Cl)[C@@H](CC)c3nnnn3C3CCCC3)cc2c1. The molecule has 37 heavy (non-hydrogen) atoms. The van der Waals surface area contributed by atoms with Gasteiger partial charge in [0.1, 0.15) is 5.75 Å². The molecule has 0 saturated heterocycles. The average Bonchev–Trinajstić information content (AvgIpc) is 3.59. The Labute approximate surface area is 221 Å². The zero-order valence-corrected chi connectivity index (χ0v) is 22.1. The molecule has 0 spiro atoms. The lowest BCUT2D eigenvalue weighted by Crippen LogP contribution is -2.33.